The Morgan fingerprint density at radius 2 is 1.98 bits per heavy atom. The van der Waals surface area contributed by atoms with Crippen molar-refractivity contribution in [2.24, 2.45) is 0 Å². The monoisotopic (exact) mass is 551 g/mol. The largest absolute Gasteiger partial charge is 0.383 e. The lowest BCUT2D eigenvalue weighted by atomic mass is 9.99. The third-order valence-electron chi connectivity index (χ3n) is 7.84. The Balaban J connectivity index is 1.47. The molecule has 1 saturated heterocycles. The van der Waals surface area contributed by atoms with E-state index in [9.17, 15) is 9.59 Å². The fraction of sp³-hybridized carbons (Fsp3) is 0.250. The summed E-state index contributed by atoms with van der Waals surface area (Å²) < 4.78 is 31.6. The van der Waals surface area contributed by atoms with E-state index in [2.05, 4.69) is 28.4 Å². The molecule has 0 spiro atoms. The smallest absolute Gasteiger partial charge is 0.265 e. The van der Waals surface area contributed by atoms with E-state index in [-0.39, 0.29) is 40.1 Å². The van der Waals surface area contributed by atoms with Crippen LogP contribution < -0.4 is 11.3 Å². The third kappa shape index (κ3) is 4.76. The van der Waals surface area contributed by atoms with Gasteiger partial charge in [-0.15, -0.1) is 0 Å². The number of likely N-dealkylation sites (tertiary alicyclic amines) is 1. The van der Waals surface area contributed by atoms with Crippen molar-refractivity contribution in [3.05, 3.63) is 94.2 Å². The summed E-state index contributed by atoms with van der Waals surface area (Å²) in [5.41, 5.74) is 8.21. The molecular weight excluding hydrogens is 524 g/mol. The molecule has 0 bridgehead atoms. The van der Waals surface area contributed by atoms with E-state index in [1.54, 1.807) is 17.9 Å². The van der Waals surface area contributed by atoms with Gasteiger partial charge >= 0.3 is 0 Å². The second-order valence-electron chi connectivity index (χ2n) is 10.5. The van der Waals surface area contributed by atoms with E-state index < -0.39 is 17.2 Å². The van der Waals surface area contributed by atoms with Crippen LogP contribution in [0.15, 0.2) is 60.3 Å². The van der Waals surface area contributed by atoms with Crippen molar-refractivity contribution in [2.45, 2.75) is 44.6 Å². The number of carbonyl (C=O) groups excluding carboxylic acids is 1. The summed E-state index contributed by atoms with van der Waals surface area (Å²) in [6, 6.07) is 7.16. The zero-order valence-electron chi connectivity index (χ0n) is 22.5. The van der Waals surface area contributed by atoms with Crippen LogP contribution in [-0.4, -0.2) is 37.9 Å². The van der Waals surface area contributed by atoms with E-state index in [0.717, 1.165) is 24.8 Å². The number of benzene rings is 2. The van der Waals surface area contributed by atoms with Gasteiger partial charge in [-0.1, -0.05) is 24.5 Å². The number of nitrogens with zero attached hydrogens (tertiary/aromatic N) is 4. The molecule has 1 atom stereocenters. The van der Waals surface area contributed by atoms with Gasteiger partial charge < -0.3 is 10.6 Å². The topological polar surface area (TPSA) is 94.1 Å². The molecule has 4 aromatic rings. The minimum atomic E-state index is -0.619. The number of nitrogen functional groups attached to an aromatic ring is 1. The molecule has 3 heterocycles. The molecular formula is C32H27F2N5O2. The van der Waals surface area contributed by atoms with Crippen molar-refractivity contribution in [3.63, 3.8) is 0 Å². The highest BCUT2D eigenvalue weighted by molar-refractivity contribution is 5.88. The molecule has 0 radical (unpaired) electrons. The van der Waals surface area contributed by atoms with Crippen molar-refractivity contribution < 1.29 is 13.6 Å². The number of fused-ring (bicyclic) bond motifs is 1. The summed E-state index contributed by atoms with van der Waals surface area (Å²) in [7, 11) is 0. The van der Waals surface area contributed by atoms with Crippen LogP contribution in [0.5, 0.6) is 0 Å². The SMILES string of the molecule is C=CC(=O)N1CCC[C@H]1C#Cc1c(N)ncnc1-c1cc(F)cc(-n2ccc3cc(C4CC4)cc(F)c3c2=O)c1C. The van der Waals surface area contributed by atoms with Gasteiger partial charge in [0.15, 0.2) is 0 Å². The number of hydrogen-bond acceptors (Lipinski definition) is 5. The summed E-state index contributed by atoms with van der Waals surface area (Å²) in [5, 5.41) is 0.467. The van der Waals surface area contributed by atoms with E-state index in [4.69, 9.17) is 5.73 Å². The van der Waals surface area contributed by atoms with E-state index in [1.807, 2.05) is 6.07 Å². The molecule has 41 heavy (non-hydrogen) atoms. The Morgan fingerprint density at radius 3 is 2.73 bits per heavy atom. The lowest BCUT2D eigenvalue weighted by Gasteiger charge is -2.18. The van der Waals surface area contributed by atoms with Gasteiger partial charge in [-0.2, -0.15) is 0 Å². The number of hydrogen-bond donors (Lipinski definition) is 1. The average molecular weight is 552 g/mol. The summed E-state index contributed by atoms with van der Waals surface area (Å²) in [5.74, 6) is 5.16. The summed E-state index contributed by atoms with van der Waals surface area (Å²) >= 11 is 0. The summed E-state index contributed by atoms with van der Waals surface area (Å²) in [6.45, 7) is 5.86. The van der Waals surface area contributed by atoms with Crippen molar-refractivity contribution in [2.75, 3.05) is 12.3 Å². The molecule has 206 valence electrons. The number of nitrogens with two attached hydrogens (primary N) is 1. The summed E-state index contributed by atoms with van der Waals surface area (Å²) in [4.78, 5) is 35.8. The number of aromatic nitrogens is 3. The van der Waals surface area contributed by atoms with Gasteiger partial charge in [-0.25, -0.2) is 18.7 Å². The normalized spacial score (nSPS) is 16.5. The first-order valence-electron chi connectivity index (χ1n) is 13.5. The van der Waals surface area contributed by atoms with Gasteiger partial charge in [0, 0.05) is 18.3 Å². The zero-order valence-corrected chi connectivity index (χ0v) is 22.5. The van der Waals surface area contributed by atoms with Crippen molar-refractivity contribution >= 4 is 22.5 Å². The first-order chi connectivity index (χ1) is 19.8. The van der Waals surface area contributed by atoms with Gasteiger partial charge in [0.05, 0.1) is 28.4 Å². The number of halogens is 2. The van der Waals surface area contributed by atoms with Crippen LogP contribution in [-0.2, 0) is 4.79 Å². The quantitative estimate of drug-likeness (QED) is 0.284. The number of rotatable bonds is 4. The van der Waals surface area contributed by atoms with E-state index in [0.29, 0.717) is 35.4 Å². The molecule has 1 aliphatic heterocycles. The lowest BCUT2D eigenvalue weighted by Crippen LogP contribution is -2.33. The van der Waals surface area contributed by atoms with E-state index in [1.165, 1.54) is 41.4 Å². The van der Waals surface area contributed by atoms with Gasteiger partial charge in [0.25, 0.3) is 5.56 Å². The Bertz CT molecular complexity index is 1870. The van der Waals surface area contributed by atoms with Gasteiger partial charge in [-0.3, -0.25) is 14.2 Å². The molecule has 1 aliphatic carbocycles. The maximum Gasteiger partial charge on any atom is 0.265 e. The standard InChI is InChI=1S/C32H27F2N5O2/c1-3-28(40)38-11-4-5-23(38)8-9-24-30(36-17-37-31(24)35)25-15-22(33)16-27(18(25)2)39-12-10-20-13-21(19-6-7-19)14-26(34)29(20)32(39)41/h3,10,12-17,19,23H,1,4-7,11H2,2H3,(H2,35,36,37)/t23-/m0/s1. The highest BCUT2D eigenvalue weighted by Crippen LogP contribution is 2.41. The van der Waals surface area contributed by atoms with Crippen LogP contribution in [0.4, 0.5) is 14.6 Å². The lowest BCUT2D eigenvalue weighted by molar-refractivity contribution is -0.125. The fourth-order valence-electron chi connectivity index (χ4n) is 5.53. The summed E-state index contributed by atoms with van der Waals surface area (Å²) in [6.07, 6.45) is 7.59. The second kappa shape index (κ2) is 10.3. The number of amides is 1. The highest BCUT2D eigenvalue weighted by Gasteiger charge is 2.27. The molecule has 2 fully saturated rings. The Kier molecular flexibility index (Phi) is 6.62. The van der Waals surface area contributed by atoms with Crippen molar-refractivity contribution in [3.8, 4) is 28.8 Å². The van der Waals surface area contributed by atoms with Crippen LogP contribution in [0.3, 0.4) is 0 Å². The van der Waals surface area contributed by atoms with Crippen molar-refractivity contribution in [1.29, 1.82) is 0 Å². The van der Waals surface area contributed by atoms with Gasteiger partial charge in [-0.05, 0) is 85.4 Å². The molecule has 2 aromatic heterocycles. The maximum absolute atomic E-state index is 15.2. The molecule has 2 N–H and O–H groups in total. The molecule has 6 rings (SSSR count). The van der Waals surface area contributed by atoms with E-state index >= 15 is 8.78 Å². The molecule has 9 heteroatoms. The number of anilines is 1. The molecule has 2 aromatic carbocycles. The van der Waals surface area contributed by atoms with Gasteiger partial charge in [0.2, 0.25) is 5.91 Å². The van der Waals surface area contributed by atoms with Crippen LogP contribution in [0.2, 0.25) is 0 Å². The Morgan fingerprint density at radius 1 is 1.17 bits per heavy atom. The predicted molar refractivity (Wildman–Crippen MR) is 153 cm³/mol. The molecule has 7 nitrogen and oxygen atoms in total. The van der Waals surface area contributed by atoms with Crippen molar-refractivity contribution in [1.82, 2.24) is 19.4 Å². The third-order valence-corrected chi connectivity index (χ3v) is 7.84. The number of pyridine rings is 1. The minimum Gasteiger partial charge on any atom is -0.383 e. The molecule has 1 saturated carbocycles. The predicted octanol–water partition coefficient (Wildman–Crippen LogP) is 5.02. The molecule has 1 amide bonds. The van der Waals surface area contributed by atoms with Crippen LogP contribution in [0.25, 0.3) is 27.7 Å². The molecule has 0 unspecified atom stereocenters. The van der Waals surface area contributed by atoms with Gasteiger partial charge in [0.1, 0.15) is 23.8 Å². The number of carbonyl (C=O) groups is 1. The Labute approximate surface area is 235 Å². The maximum atomic E-state index is 15.2. The van der Waals surface area contributed by atoms with Crippen LogP contribution in [0, 0.1) is 30.4 Å². The zero-order chi connectivity index (χ0) is 28.8. The molecule has 2 aliphatic rings. The van der Waals surface area contributed by atoms with Crippen LogP contribution >= 0.6 is 0 Å². The minimum absolute atomic E-state index is 0.0462. The highest BCUT2D eigenvalue weighted by atomic mass is 19.1. The first kappa shape index (κ1) is 26.4. The fourth-order valence-corrected chi connectivity index (χ4v) is 5.53. The Hall–Kier alpha value is -4.84. The first-order valence-corrected chi connectivity index (χ1v) is 13.5. The van der Waals surface area contributed by atoms with Crippen LogP contribution in [0.1, 0.15) is 48.3 Å². The second-order valence-corrected chi connectivity index (χ2v) is 10.5. The average Bonchev–Trinajstić information content (AvgIpc) is 3.71.